The third-order valence-electron chi connectivity index (χ3n) is 3.40. The van der Waals surface area contributed by atoms with E-state index in [1.54, 1.807) is 0 Å². The molecule has 0 aromatic heterocycles. The minimum atomic E-state index is 0.578. The molecule has 3 saturated heterocycles. The molecule has 0 radical (unpaired) electrons. The van der Waals surface area contributed by atoms with Crippen molar-refractivity contribution in [2.45, 2.75) is 25.2 Å². The second-order valence-electron chi connectivity index (χ2n) is 4.27. The zero-order valence-electron chi connectivity index (χ0n) is 8.00. The molecule has 4 nitrogen and oxygen atoms in total. The topological polar surface area (TPSA) is 30.5 Å². The van der Waals surface area contributed by atoms with E-state index in [0.717, 1.165) is 6.67 Å². The van der Waals surface area contributed by atoms with Crippen LogP contribution in [0.1, 0.15) is 12.8 Å². The van der Waals surface area contributed by atoms with Crippen LogP contribution in [0, 0.1) is 0 Å². The van der Waals surface area contributed by atoms with E-state index in [1.807, 2.05) is 0 Å². The normalized spacial score (nSPS) is 41.5. The molecule has 13 heavy (non-hydrogen) atoms. The molecule has 0 aromatic rings. The monoisotopic (exact) mass is 182 g/mol. The van der Waals surface area contributed by atoms with Crippen LogP contribution in [0.5, 0.6) is 0 Å². The minimum Gasteiger partial charge on any atom is -0.299 e. The van der Waals surface area contributed by atoms with Gasteiger partial charge >= 0.3 is 0 Å². The van der Waals surface area contributed by atoms with E-state index in [0.29, 0.717) is 12.3 Å². The standard InChI is InChI=1S/C9H18N4/c1-3-10-8-9-11-4-2-6-13(9)7-12(8)5-1/h8-11H,1-7H2/t8-,9-/m1/s1. The molecule has 3 rings (SSSR count). The summed E-state index contributed by atoms with van der Waals surface area (Å²) in [6, 6.07) is 0. The first-order chi connectivity index (χ1) is 6.45. The largest absolute Gasteiger partial charge is 0.299 e. The van der Waals surface area contributed by atoms with E-state index < -0.39 is 0 Å². The van der Waals surface area contributed by atoms with Crippen LogP contribution >= 0.6 is 0 Å². The first-order valence-electron chi connectivity index (χ1n) is 5.40. The van der Waals surface area contributed by atoms with Gasteiger partial charge in [0.05, 0.1) is 19.0 Å². The molecule has 2 N–H and O–H groups in total. The maximum atomic E-state index is 3.60. The molecule has 0 bridgehead atoms. The third-order valence-corrected chi connectivity index (χ3v) is 3.40. The van der Waals surface area contributed by atoms with E-state index in [-0.39, 0.29) is 0 Å². The van der Waals surface area contributed by atoms with Crippen molar-refractivity contribution in [3.8, 4) is 0 Å². The number of nitrogens with zero attached hydrogens (tertiary/aromatic N) is 2. The van der Waals surface area contributed by atoms with Gasteiger partial charge in [-0.2, -0.15) is 0 Å². The predicted octanol–water partition coefficient (Wildman–Crippen LogP) is -0.800. The first kappa shape index (κ1) is 8.17. The zero-order valence-corrected chi connectivity index (χ0v) is 8.00. The lowest BCUT2D eigenvalue weighted by atomic mass is 10.2. The van der Waals surface area contributed by atoms with E-state index in [9.17, 15) is 0 Å². The summed E-state index contributed by atoms with van der Waals surface area (Å²) in [5.74, 6) is 0. The molecular formula is C9H18N4. The smallest absolute Gasteiger partial charge is 0.0904 e. The van der Waals surface area contributed by atoms with Gasteiger partial charge in [-0.1, -0.05) is 0 Å². The molecule has 4 heteroatoms. The molecule has 3 fully saturated rings. The van der Waals surface area contributed by atoms with Gasteiger partial charge in [-0.25, -0.2) is 0 Å². The van der Waals surface area contributed by atoms with Crippen LogP contribution in [-0.4, -0.2) is 55.0 Å². The second kappa shape index (κ2) is 3.20. The second-order valence-corrected chi connectivity index (χ2v) is 4.27. The number of hydrogen-bond acceptors (Lipinski definition) is 4. The van der Waals surface area contributed by atoms with Gasteiger partial charge < -0.3 is 0 Å². The van der Waals surface area contributed by atoms with Crippen molar-refractivity contribution in [2.24, 2.45) is 0 Å². The summed E-state index contributed by atoms with van der Waals surface area (Å²) in [7, 11) is 0. The molecule has 74 valence electrons. The fraction of sp³-hybridized carbons (Fsp3) is 1.00. The van der Waals surface area contributed by atoms with Gasteiger partial charge in [0.1, 0.15) is 0 Å². The predicted molar refractivity (Wildman–Crippen MR) is 51.1 cm³/mol. The fourth-order valence-electron chi connectivity index (χ4n) is 2.77. The highest BCUT2D eigenvalue weighted by atomic mass is 15.5. The summed E-state index contributed by atoms with van der Waals surface area (Å²) >= 11 is 0. The van der Waals surface area contributed by atoms with Crippen LogP contribution in [0.2, 0.25) is 0 Å². The first-order valence-corrected chi connectivity index (χ1v) is 5.40. The minimum absolute atomic E-state index is 0.578. The lowest BCUT2D eigenvalue weighted by Crippen LogP contribution is -2.59. The van der Waals surface area contributed by atoms with Crippen molar-refractivity contribution in [3.63, 3.8) is 0 Å². The van der Waals surface area contributed by atoms with Gasteiger partial charge in [0.2, 0.25) is 0 Å². The van der Waals surface area contributed by atoms with Crippen molar-refractivity contribution < 1.29 is 0 Å². The molecule has 0 unspecified atom stereocenters. The van der Waals surface area contributed by atoms with Crippen molar-refractivity contribution in [2.75, 3.05) is 32.8 Å². The number of hydrogen-bond donors (Lipinski definition) is 2. The Balaban J connectivity index is 1.76. The summed E-state index contributed by atoms with van der Waals surface area (Å²) in [6.45, 7) is 6.08. The van der Waals surface area contributed by atoms with Gasteiger partial charge in [-0.05, 0) is 25.9 Å². The maximum absolute atomic E-state index is 3.60. The van der Waals surface area contributed by atoms with Crippen LogP contribution < -0.4 is 10.6 Å². The van der Waals surface area contributed by atoms with Crippen LogP contribution in [-0.2, 0) is 0 Å². The molecule has 2 atom stereocenters. The Morgan fingerprint density at radius 3 is 1.92 bits per heavy atom. The van der Waals surface area contributed by atoms with E-state index in [1.165, 1.54) is 39.0 Å². The van der Waals surface area contributed by atoms with Gasteiger partial charge in [-0.15, -0.1) is 0 Å². The lowest BCUT2D eigenvalue weighted by molar-refractivity contribution is 0.152. The van der Waals surface area contributed by atoms with E-state index in [2.05, 4.69) is 20.4 Å². The summed E-state index contributed by atoms with van der Waals surface area (Å²) in [5, 5.41) is 7.20. The number of rotatable bonds is 0. The molecule has 0 saturated carbocycles. The molecule has 0 aromatic carbocycles. The molecule has 0 amide bonds. The molecule has 3 aliphatic rings. The Labute approximate surface area is 79.3 Å². The molecule has 3 heterocycles. The Kier molecular flexibility index (Phi) is 2.01. The van der Waals surface area contributed by atoms with Gasteiger partial charge in [0.25, 0.3) is 0 Å². The third kappa shape index (κ3) is 1.29. The lowest BCUT2D eigenvalue weighted by Gasteiger charge is -2.35. The summed E-state index contributed by atoms with van der Waals surface area (Å²) in [5.41, 5.74) is 0. The molecule has 3 aliphatic heterocycles. The molecule has 0 spiro atoms. The van der Waals surface area contributed by atoms with Crippen molar-refractivity contribution in [1.29, 1.82) is 0 Å². The fourth-order valence-corrected chi connectivity index (χ4v) is 2.77. The summed E-state index contributed by atoms with van der Waals surface area (Å²) in [4.78, 5) is 5.12. The van der Waals surface area contributed by atoms with Crippen molar-refractivity contribution in [1.82, 2.24) is 20.4 Å². The summed E-state index contributed by atoms with van der Waals surface area (Å²) < 4.78 is 0. The van der Waals surface area contributed by atoms with Crippen LogP contribution in [0.4, 0.5) is 0 Å². The molecular weight excluding hydrogens is 164 g/mol. The highest BCUT2D eigenvalue weighted by molar-refractivity contribution is 4.93. The number of fused-ring (bicyclic) bond motifs is 3. The highest BCUT2D eigenvalue weighted by Crippen LogP contribution is 2.22. The Morgan fingerprint density at radius 2 is 1.38 bits per heavy atom. The molecule has 0 aliphatic carbocycles. The van der Waals surface area contributed by atoms with Gasteiger partial charge in [0, 0.05) is 13.1 Å². The zero-order chi connectivity index (χ0) is 8.67. The average Bonchev–Trinajstić information content (AvgIpc) is 2.56. The van der Waals surface area contributed by atoms with Crippen molar-refractivity contribution >= 4 is 0 Å². The highest BCUT2D eigenvalue weighted by Gasteiger charge is 2.41. The SMILES string of the molecule is C1CN[C@H]2[C@@H]3NCCCN3CN2C1. The van der Waals surface area contributed by atoms with Gasteiger partial charge in [0.15, 0.2) is 0 Å². The quantitative estimate of drug-likeness (QED) is 0.513. The number of nitrogens with one attached hydrogen (secondary N) is 2. The average molecular weight is 182 g/mol. The van der Waals surface area contributed by atoms with Crippen LogP contribution in [0.25, 0.3) is 0 Å². The van der Waals surface area contributed by atoms with Gasteiger partial charge in [-0.3, -0.25) is 20.4 Å². The maximum Gasteiger partial charge on any atom is 0.0904 e. The van der Waals surface area contributed by atoms with E-state index in [4.69, 9.17) is 0 Å². The Morgan fingerprint density at radius 1 is 0.846 bits per heavy atom. The summed E-state index contributed by atoms with van der Waals surface area (Å²) in [6.07, 6.45) is 3.76. The van der Waals surface area contributed by atoms with E-state index >= 15 is 0 Å². The van der Waals surface area contributed by atoms with Crippen LogP contribution in [0.15, 0.2) is 0 Å². The Bertz CT molecular complexity index is 176. The Hall–Kier alpha value is -0.160. The van der Waals surface area contributed by atoms with Crippen molar-refractivity contribution in [3.05, 3.63) is 0 Å². The van der Waals surface area contributed by atoms with Crippen LogP contribution in [0.3, 0.4) is 0 Å².